The van der Waals surface area contributed by atoms with Crippen LogP contribution >= 0.6 is 11.6 Å². The maximum atomic E-state index is 12.3. The summed E-state index contributed by atoms with van der Waals surface area (Å²) < 4.78 is 0. The smallest absolute Gasteiger partial charge is 0.254 e. The fourth-order valence-electron chi connectivity index (χ4n) is 2.41. The number of anilines is 1. The minimum absolute atomic E-state index is 0.0455. The fraction of sp³-hybridized carbons (Fsp3) is 0.267. The normalized spacial score (nSPS) is 15.1. The van der Waals surface area contributed by atoms with Crippen LogP contribution in [0, 0.1) is 0 Å². The van der Waals surface area contributed by atoms with E-state index in [1.165, 1.54) is 0 Å². The van der Waals surface area contributed by atoms with Gasteiger partial charge in [-0.05, 0) is 24.3 Å². The van der Waals surface area contributed by atoms with Crippen LogP contribution in [0.15, 0.2) is 42.9 Å². The molecule has 0 aromatic carbocycles. The Hall–Kier alpha value is -2.14. The lowest BCUT2D eigenvalue weighted by Crippen LogP contribution is -2.49. The first-order valence-electron chi connectivity index (χ1n) is 6.80. The van der Waals surface area contributed by atoms with E-state index in [1.54, 1.807) is 30.7 Å². The average Bonchev–Trinajstić information content (AvgIpc) is 2.56. The molecule has 1 amide bonds. The highest BCUT2D eigenvalue weighted by atomic mass is 35.5. The van der Waals surface area contributed by atoms with Gasteiger partial charge in [0.25, 0.3) is 5.91 Å². The third-order valence-corrected chi connectivity index (χ3v) is 3.83. The molecule has 0 saturated carbocycles. The molecule has 6 heteroatoms. The van der Waals surface area contributed by atoms with E-state index in [0.717, 1.165) is 18.9 Å². The summed E-state index contributed by atoms with van der Waals surface area (Å²) in [5.41, 5.74) is 0.675. The SMILES string of the molecule is O=C(c1ccncc1)N1CCN(c2ncccc2Cl)CC1. The molecule has 0 unspecified atom stereocenters. The Morgan fingerprint density at radius 1 is 1.05 bits per heavy atom. The van der Waals surface area contributed by atoms with Gasteiger partial charge in [0.15, 0.2) is 0 Å². The summed E-state index contributed by atoms with van der Waals surface area (Å²) in [5.74, 6) is 0.833. The van der Waals surface area contributed by atoms with Gasteiger partial charge in [-0.25, -0.2) is 4.98 Å². The Bertz CT molecular complexity index is 627. The Labute approximate surface area is 128 Å². The molecule has 0 bridgehead atoms. The Morgan fingerprint density at radius 3 is 2.43 bits per heavy atom. The largest absolute Gasteiger partial charge is 0.352 e. The molecule has 21 heavy (non-hydrogen) atoms. The number of carbonyl (C=O) groups excluding carboxylic acids is 1. The Balaban J connectivity index is 1.66. The lowest BCUT2D eigenvalue weighted by Gasteiger charge is -2.35. The lowest BCUT2D eigenvalue weighted by atomic mass is 10.2. The van der Waals surface area contributed by atoms with Crippen LogP contribution in [0.25, 0.3) is 0 Å². The van der Waals surface area contributed by atoms with Gasteiger partial charge in [0.05, 0.1) is 5.02 Å². The highest BCUT2D eigenvalue weighted by molar-refractivity contribution is 6.32. The molecule has 2 aromatic heterocycles. The predicted molar refractivity (Wildman–Crippen MR) is 81.6 cm³/mol. The molecular weight excluding hydrogens is 288 g/mol. The van der Waals surface area contributed by atoms with Gasteiger partial charge in [-0.15, -0.1) is 0 Å². The quantitative estimate of drug-likeness (QED) is 0.852. The van der Waals surface area contributed by atoms with Crippen molar-refractivity contribution in [3.63, 3.8) is 0 Å². The minimum atomic E-state index is 0.0455. The molecule has 3 heterocycles. The van der Waals surface area contributed by atoms with Gasteiger partial charge in [-0.3, -0.25) is 9.78 Å². The first-order chi connectivity index (χ1) is 10.3. The summed E-state index contributed by atoms with van der Waals surface area (Å²) in [7, 11) is 0. The molecule has 5 nitrogen and oxygen atoms in total. The standard InChI is InChI=1S/C15H15ClN4O/c16-13-2-1-5-18-14(13)19-8-10-20(11-9-19)15(21)12-3-6-17-7-4-12/h1-7H,8-11H2. The van der Waals surface area contributed by atoms with Crippen molar-refractivity contribution < 1.29 is 4.79 Å². The number of piperazine rings is 1. The van der Waals surface area contributed by atoms with E-state index in [9.17, 15) is 4.79 Å². The van der Waals surface area contributed by atoms with Crippen molar-refractivity contribution in [1.82, 2.24) is 14.9 Å². The predicted octanol–water partition coefficient (Wildman–Crippen LogP) is 2.09. The Morgan fingerprint density at radius 2 is 1.76 bits per heavy atom. The van der Waals surface area contributed by atoms with Crippen LogP contribution in [0.3, 0.4) is 0 Å². The third-order valence-electron chi connectivity index (χ3n) is 3.53. The molecule has 3 rings (SSSR count). The van der Waals surface area contributed by atoms with E-state index in [1.807, 2.05) is 17.0 Å². The summed E-state index contributed by atoms with van der Waals surface area (Å²) in [6, 6.07) is 7.13. The van der Waals surface area contributed by atoms with Gasteiger partial charge in [0, 0.05) is 50.3 Å². The second kappa shape index (κ2) is 6.10. The first kappa shape index (κ1) is 13.8. The molecule has 1 aliphatic heterocycles. The highest BCUT2D eigenvalue weighted by Gasteiger charge is 2.23. The summed E-state index contributed by atoms with van der Waals surface area (Å²) in [6.45, 7) is 2.78. The van der Waals surface area contributed by atoms with E-state index in [0.29, 0.717) is 23.7 Å². The summed E-state index contributed by atoms with van der Waals surface area (Å²) in [4.78, 5) is 24.6. The number of amides is 1. The summed E-state index contributed by atoms with van der Waals surface area (Å²) in [5, 5.41) is 0.645. The van der Waals surface area contributed by atoms with Gasteiger partial charge >= 0.3 is 0 Å². The number of nitrogens with zero attached hydrogens (tertiary/aromatic N) is 4. The molecule has 1 saturated heterocycles. The zero-order valence-corrected chi connectivity index (χ0v) is 12.2. The van der Waals surface area contributed by atoms with Crippen molar-refractivity contribution in [2.45, 2.75) is 0 Å². The van der Waals surface area contributed by atoms with Crippen molar-refractivity contribution in [2.24, 2.45) is 0 Å². The van der Waals surface area contributed by atoms with E-state index in [2.05, 4.69) is 14.9 Å². The number of halogens is 1. The fourth-order valence-corrected chi connectivity index (χ4v) is 2.65. The van der Waals surface area contributed by atoms with Crippen LogP contribution in [0.4, 0.5) is 5.82 Å². The van der Waals surface area contributed by atoms with Crippen LogP contribution in [0.2, 0.25) is 5.02 Å². The molecule has 0 atom stereocenters. The first-order valence-corrected chi connectivity index (χ1v) is 7.18. The van der Waals surface area contributed by atoms with E-state index in [4.69, 9.17) is 11.6 Å². The van der Waals surface area contributed by atoms with Crippen LogP contribution in [0.5, 0.6) is 0 Å². The molecule has 108 valence electrons. The molecule has 2 aromatic rings. The highest BCUT2D eigenvalue weighted by Crippen LogP contribution is 2.23. The zero-order chi connectivity index (χ0) is 14.7. The molecular formula is C15H15ClN4O. The minimum Gasteiger partial charge on any atom is -0.352 e. The zero-order valence-electron chi connectivity index (χ0n) is 11.4. The molecule has 0 N–H and O–H groups in total. The molecule has 0 radical (unpaired) electrons. The van der Waals surface area contributed by atoms with Gasteiger partial charge in [0.1, 0.15) is 5.82 Å². The molecule has 1 fully saturated rings. The van der Waals surface area contributed by atoms with Crippen LogP contribution in [-0.4, -0.2) is 47.0 Å². The van der Waals surface area contributed by atoms with Crippen molar-refractivity contribution in [3.8, 4) is 0 Å². The molecule has 1 aliphatic rings. The summed E-state index contributed by atoms with van der Waals surface area (Å²) >= 11 is 6.16. The van der Waals surface area contributed by atoms with Crippen molar-refractivity contribution >= 4 is 23.3 Å². The number of hydrogen-bond acceptors (Lipinski definition) is 4. The maximum absolute atomic E-state index is 12.3. The van der Waals surface area contributed by atoms with Crippen molar-refractivity contribution in [1.29, 1.82) is 0 Å². The van der Waals surface area contributed by atoms with Gasteiger partial charge < -0.3 is 9.80 Å². The van der Waals surface area contributed by atoms with Crippen LogP contribution in [0.1, 0.15) is 10.4 Å². The number of carbonyl (C=O) groups is 1. The monoisotopic (exact) mass is 302 g/mol. The average molecular weight is 303 g/mol. The number of aromatic nitrogens is 2. The van der Waals surface area contributed by atoms with Crippen molar-refractivity contribution in [2.75, 3.05) is 31.1 Å². The van der Waals surface area contributed by atoms with Crippen molar-refractivity contribution in [3.05, 3.63) is 53.4 Å². The topological polar surface area (TPSA) is 49.3 Å². The van der Waals surface area contributed by atoms with Crippen LogP contribution in [-0.2, 0) is 0 Å². The van der Waals surface area contributed by atoms with E-state index in [-0.39, 0.29) is 5.91 Å². The molecule has 0 aliphatic carbocycles. The Kier molecular flexibility index (Phi) is 4.01. The molecule has 0 spiro atoms. The van der Waals surface area contributed by atoms with Crippen LogP contribution < -0.4 is 4.90 Å². The summed E-state index contributed by atoms with van der Waals surface area (Å²) in [6.07, 6.45) is 5.00. The van der Waals surface area contributed by atoms with E-state index >= 15 is 0 Å². The third kappa shape index (κ3) is 2.97. The van der Waals surface area contributed by atoms with Gasteiger partial charge in [0.2, 0.25) is 0 Å². The van der Waals surface area contributed by atoms with Gasteiger partial charge in [-0.2, -0.15) is 0 Å². The van der Waals surface area contributed by atoms with E-state index < -0.39 is 0 Å². The second-order valence-electron chi connectivity index (χ2n) is 4.82. The lowest BCUT2D eigenvalue weighted by molar-refractivity contribution is 0.0746. The second-order valence-corrected chi connectivity index (χ2v) is 5.23. The number of rotatable bonds is 2. The number of hydrogen-bond donors (Lipinski definition) is 0. The number of pyridine rings is 2. The maximum Gasteiger partial charge on any atom is 0.254 e. The van der Waals surface area contributed by atoms with Gasteiger partial charge in [-0.1, -0.05) is 11.6 Å².